The average molecular weight is 308 g/mol. The van der Waals surface area contributed by atoms with Crippen LogP contribution in [-0.2, 0) is 0 Å². The van der Waals surface area contributed by atoms with Gasteiger partial charge in [0, 0.05) is 19.3 Å². The topological polar surface area (TPSA) is 57.8 Å². The van der Waals surface area contributed by atoms with Crippen molar-refractivity contribution in [1.82, 2.24) is 14.3 Å². The van der Waals surface area contributed by atoms with Gasteiger partial charge in [-0.15, -0.1) is 0 Å². The molecule has 1 saturated heterocycles. The number of halogens is 1. The maximum atomic E-state index is 12.7. The molecule has 112 valence electrons. The summed E-state index contributed by atoms with van der Waals surface area (Å²) in [5, 5.41) is 9.87. The number of nitrogens with zero attached hydrogens (tertiary/aromatic N) is 3. The van der Waals surface area contributed by atoms with Gasteiger partial charge in [0.05, 0.1) is 6.10 Å². The van der Waals surface area contributed by atoms with Gasteiger partial charge < -0.3 is 10.0 Å². The monoisotopic (exact) mass is 307 g/mol. The fraction of sp³-hybridized carbons (Fsp3) is 0.467. The van der Waals surface area contributed by atoms with Crippen LogP contribution in [0.15, 0.2) is 24.4 Å². The van der Waals surface area contributed by atoms with E-state index in [9.17, 15) is 9.90 Å². The number of imidazole rings is 1. The predicted octanol–water partition coefficient (Wildman–Crippen LogP) is 2.22. The highest BCUT2D eigenvalue weighted by Gasteiger charge is 2.29. The molecule has 1 fully saturated rings. The summed E-state index contributed by atoms with van der Waals surface area (Å²) in [7, 11) is 0. The Morgan fingerprint density at radius 3 is 2.81 bits per heavy atom. The number of carbonyl (C=O) groups is 1. The predicted molar refractivity (Wildman–Crippen MR) is 80.5 cm³/mol. The second-order valence-electron chi connectivity index (χ2n) is 5.55. The van der Waals surface area contributed by atoms with Crippen molar-refractivity contribution >= 4 is 23.2 Å². The highest BCUT2D eigenvalue weighted by Crippen LogP contribution is 2.24. The van der Waals surface area contributed by atoms with Gasteiger partial charge in [-0.2, -0.15) is 0 Å². The molecule has 0 radical (unpaired) electrons. The zero-order valence-corrected chi connectivity index (χ0v) is 12.6. The molecule has 2 aromatic rings. The summed E-state index contributed by atoms with van der Waals surface area (Å²) in [5.41, 5.74) is 1.09. The number of aromatic nitrogens is 2. The van der Waals surface area contributed by atoms with Crippen molar-refractivity contribution in [2.45, 2.75) is 25.9 Å². The van der Waals surface area contributed by atoms with E-state index >= 15 is 0 Å². The second kappa shape index (κ2) is 5.66. The molecular formula is C15H18ClN3O2. The SMILES string of the molecule is CC(O)C1CCN(C(=O)c2c(Cl)nc3ccccn23)CC1. The van der Waals surface area contributed by atoms with E-state index < -0.39 is 0 Å². The highest BCUT2D eigenvalue weighted by molar-refractivity contribution is 6.32. The van der Waals surface area contributed by atoms with Gasteiger partial charge >= 0.3 is 0 Å². The molecule has 1 aliphatic rings. The van der Waals surface area contributed by atoms with Crippen LogP contribution in [0.4, 0.5) is 0 Å². The number of aliphatic hydroxyl groups is 1. The van der Waals surface area contributed by atoms with E-state index in [1.54, 1.807) is 15.5 Å². The molecule has 0 saturated carbocycles. The minimum atomic E-state index is -0.318. The number of piperidine rings is 1. The highest BCUT2D eigenvalue weighted by atomic mass is 35.5. The molecule has 0 bridgehead atoms. The summed E-state index contributed by atoms with van der Waals surface area (Å²) in [6.45, 7) is 3.10. The van der Waals surface area contributed by atoms with Gasteiger partial charge in [-0.3, -0.25) is 9.20 Å². The van der Waals surface area contributed by atoms with Gasteiger partial charge in [0.25, 0.3) is 5.91 Å². The summed E-state index contributed by atoms with van der Waals surface area (Å²) in [5.74, 6) is 0.175. The Bertz CT molecular complexity index is 660. The van der Waals surface area contributed by atoms with Crippen LogP contribution >= 0.6 is 11.6 Å². The van der Waals surface area contributed by atoms with Crippen LogP contribution in [0, 0.1) is 5.92 Å². The molecule has 0 aromatic carbocycles. The molecule has 6 heteroatoms. The van der Waals surface area contributed by atoms with Gasteiger partial charge in [0.15, 0.2) is 10.8 Å². The lowest BCUT2D eigenvalue weighted by Gasteiger charge is -2.33. The Morgan fingerprint density at radius 2 is 2.14 bits per heavy atom. The Hall–Kier alpha value is -1.59. The van der Waals surface area contributed by atoms with Crippen LogP contribution in [0.3, 0.4) is 0 Å². The van der Waals surface area contributed by atoms with Crippen molar-refractivity contribution in [1.29, 1.82) is 0 Å². The summed E-state index contributed by atoms with van der Waals surface area (Å²) >= 11 is 6.14. The third-order valence-corrected chi connectivity index (χ3v) is 4.46. The van der Waals surface area contributed by atoms with Gasteiger partial charge in [0.1, 0.15) is 5.65 Å². The number of carbonyl (C=O) groups excluding carboxylic acids is 1. The first-order valence-corrected chi connectivity index (χ1v) is 7.55. The smallest absolute Gasteiger partial charge is 0.274 e. The molecule has 0 spiro atoms. The van der Waals surface area contributed by atoms with Crippen LogP contribution < -0.4 is 0 Å². The number of pyridine rings is 1. The van der Waals surface area contributed by atoms with Crippen molar-refractivity contribution in [3.05, 3.63) is 35.2 Å². The summed E-state index contributed by atoms with van der Waals surface area (Å²) in [6, 6.07) is 5.53. The lowest BCUT2D eigenvalue weighted by atomic mass is 9.92. The van der Waals surface area contributed by atoms with Crippen LogP contribution in [0.25, 0.3) is 5.65 Å². The average Bonchev–Trinajstić information content (AvgIpc) is 2.82. The Labute approximate surface area is 128 Å². The second-order valence-corrected chi connectivity index (χ2v) is 5.91. The number of rotatable bonds is 2. The largest absolute Gasteiger partial charge is 0.393 e. The normalized spacial score (nSPS) is 18.1. The van der Waals surface area contributed by atoms with E-state index in [0.717, 1.165) is 12.8 Å². The first-order valence-electron chi connectivity index (χ1n) is 7.18. The molecule has 0 aliphatic carbocycles. The molecule has 1 atom stereocenters. The fourth-order valence-corrected chi connectivity index (χ4v) is 3.15. The van der Waals surface area contributed by atoms with E-state index in [2.05, 4.69) is 4.98 Å². The number of aliphatic hydroxyl groups excluding tert-OH is 1. The summed E-state index contributed by atoms with van der Waals surface area (Å²) in [4.78, 5) is 18.7. The van der Waals surface area contributed by atoms with Crippen molar-refractivity contribution < 1.29 is 9.90 Å². The van der Waals surface area contributed by atoms with Crippen LogP contribution in [0.1, 0.15) is 30.3 Å². The molecule has 1 unspecified atom stereocenters. The summed E-state index contributed by atoms with van der Waals surface area (Å²) < 4.78 is 1.73. The van der Waals surface area contributed by atoms with Crippen molar-refractivity contribution in [2.24, 2.45) is 5.92 Å². The first kappa shape index (κ1) is 14.4. The maximum absolute atomic E-state index is 12.7. The van der Waals surface area contributed by atoms with E-state index in [0.29, 0.717) is 24.4 Å². The van der Waals surface area contributed by atoms with Crippen molar-refractivity contribution in [3.8, 4) is 0 Å². The third-order valence-electron chi connectivity index (χ3n) is 4.20. The van der Waals surface area contributed by atoms with Crippen LogP contribution in [-0.4, -0.2) is 44.5 Å². The van der Waals surface area contributed by atoms with Gasteiger partial charge in [-0.05, 0) is 37.8 Å². The zero-order valence-electron chi connectivity index (χ0n) is 11.9. The standard InChI is InChI=1S/C15H18ClN3O2/c1-10(20)11-5-8-18(9-6-11)15(21)13-14(16)17-12-4-2-3-7-19(12)13/h2-4,7,10-11,20H,5-6,8-9H2,1H3. The number of fused-ring (bicyclic) bond motifs is 1. The lowest BCUT2D eigenvalue weighted by molar-refractivity contribution is 0.0516. The number of likely N-dealkylation sites (tertiary alicyclic amines) is 1. The van der Waals surface area contributed by atoms with Crippen LogP contribution in [0.2, 0.25) is 5.15 Å². The van der Waals surface area contributed by atoms with Crippen molar-refractivity contribution in [3.63, 3.8) is 0 Å². The molecular weight excluding hydrogens is 290 g/mol. The quantitative estimate of drug-likeness (QED) is 0.925. The molecule has 2 aromatic heterocycles. The maximum Gasteiger partial charge on any atom is 0.274 e. The Morgan fingerprint density at radius 1 is 1.43 bits per heavy atom. The first-order chi connectivity index (χ1) is 10.1. The summed E-state index contributed by atoms with van der Waals surface area (Å²) in [6.07, 6.45) is 3.11. The number of amides is 1. The number of hydrogen-bond acceptors (Lipinski definition) is 3. The molecule has 3 heterocycles. The lowest BCUT2D eigenvalue weighted by Crippen LogP contribution is -2.41. The molecule has 5 nitrogen and oxygen atoms in total. The van der Waals surface area contributed by atoms with Crippen molar-refractivity contribution in [2.75, 3.05) is 13.1 Å². The molecule has 1 N–H and O–H groups in total. The fourth-order valence-electron chi connectivity index (χ4n) is 2.89. The van der Waals surface area contributed by atoms with Crippen LogP contribution in [0.5, 0.6) is 0 Å². The Balaban J connectivity index is 1.83. The van der Waals surface area contributed by atoms with Gasteiger partial charge in [-0.1, -0.05) is 17.7 Å². The molecule has 21 heavy (non-hydrogen) atoms. The van der Waals surface area contributed by atoms with Gasteiger partial charge in [-0.25, -0.2) is 4.98 Å². The van der Waals surface area contributed by atoms with E-state index in [1.165, 1.54) is 0 Å². The van der Waals surface area contributed by atoms with E-state index in [4.69, 9.17) is 11.6 Å². The van der Waals surface area contributed by atoms with E-state index in [-0.39, 0.29) is 23.1 Å². The van der Waals surface area contributed by atoms with Gasteiger partial charge in [0.2, 0.25) is 0 Å². The minimum Gasteiger partial charge on any atom is -0.393 e. The molecule has 3 rings (SSSR count). The Kier molecular flexibility index (Phi) is 3.87. The molecule has 1 amide bonds. The molecule has 1 aliphatic heterocycles. The third kappa shape index (κ3) is 2.63. The minimum absolute atomic E-state index is 0.0947. The number of hydrogen-bond donors (Lipinski definition) is 1. The zero-order chi connectivity index (χ0) is 15.0. The van der Waals surface area contributed by atoms with E-state index in [1.807, 2.05) is 25.1 Å².